The average Bonchev–Trinajstić information content (AvgIpc) is 3.39. The van der Waals surface area contributed by atoms with Crippen LogP contribution < -0.4 is 5.32 Å². The van der Waals surface area contributed by atoms with Crippen LogP contribution >= 0.6 is 0 Å². The van der Waals surface area contributed by atoms with Crippen LogP contribution in [0.5, 0.6) is 0 Å². The van der Waals surface area contributed by atoms with Crippen LogP contribution in [0.4, 0.5) is 9.18 Å². The molecule has 1 aromatic heterocycles. The number of aromatic nitrogens is 1. The number of aryl methyl sites for hydroxylation is 2. The predicted octanol–water partition coefficient (Wildman–Crippen LogP) is 3.87. The second-order valence-electron chi connectivity index (χ2n) is 8.80. The highest BCUT2D eigenvalue weighted by atomic mass is 19.1. The van der Waals surface area contributed by atoms with Gasteiger partial charge in [-0.15, -0.1) is 0 Å². The molecule has 5 rings (SSSR count). The quantitative estimate of drug-likeness (QED) is 0.479. The van der Waals surface area contributed by atoms with E-state index in [2.05, 4.69) is 5.32 Å². The molecule has 1 atom stereocenters. The lowest BCUT2D eigenvalue weighted by atomic mass is 9.92. The second-order valence-corrected chi connectivity index (χ2v) is 8.80. The molecule has 7 heteroatoms. The Morgan fingerprint density at radius 3 is 2.58 bits per heavy atom. The molecule has 1 aliphatic carbocycles. The summed E-state index contributed by atoms with van der Waals surface area (Å²) in [6.45, 7) is 3.92. The number of benzene rings is 2. The molecule has 1 unspecified atom stereocenters. The van der Waals surface area contributed by atoms with Gasteiger partial charge in [-0.3, -0.25) is 14.5 Å². The number of carbonyl (C=O) groups excluding carboxylic acids is 3. The first-order valence-electron chi connectivity index (χ1n) is 11.0. The molecule has 2 aliphatic rings. The number of Topliss-reactive ketones (excluding diaryl/α,β-unsaturated/α-hetero) is 1. The third-order valence-corrected chi connectivity index (χ3v) is 6.85. The first-order chi connectivity index (χ1) is 15.8. The van der Waals surface area contributed by atoms with E-state index in [1.807, 2.05) is 42.7 Å². The number of hydrogen-bond acceptors (Lipinski definition) is 3. The van der Waals surface area contributed by atoms with Crippen LogP contribution in [0.3, 0.4) is 0 Å². The molecule has 1 fully saturated rings. The molecule has 168 valence electrons. The molecule has 2 aromatic carbocycles. The van der Waals surface area contributed by atoms with E-state index >= 15 is 0 Å². The summed E-state index contributed by atoms with van der Waals surface area (Å²) in [6, 6.07) is 15.1. The molecule has 1 aliphatic heterocycles. The van der Waals surface area contributed by atoms with Gasteiger partial charge >= 0.3 is 6.03 Å². The fraction of sp³-hybridized carbons (Fsp3) is 0.269. The van der Waals surface area contributed by atoms with Crippen molar-refractivity contribution in [2.45, 2.75) is 38.8 Å². The standard InChI is InChI=1S/C26H24FN3O3/c1-16-13-21(17(2)29(16)14-18-7-9-20(27)10-8-18)23(31)15-30-24(32)26(28-25(30)33)12-11-19-5-3-4-6-22(19)26/h3-10,13H,11-12,14-15H2,1-2H3,(H,28,33). The zero-order valence-corrected chi connectivity index (χ0v) is 18.5. The lowest BCUT2D eigenvalue weighted by Crippen LogP contribution is -2.42. The van der Waals surface area contributed by atoms with Gasteiger partial charge < -0.3 is 9.88 Å². The van der Waals surface area contributed by atoms with Crippen LogP contribution in [0.15, 0.2) is 54.6 Å². The Hall–Kier alpha value is -3.74. The molecule has 0 bridgehead atoms. The van der Waals surface area contributed by atoms with E-state index in [1.165, 1.54) is 12.1 Å². The summed E-state index contributed by atoms with van der Waals surface area (Å²) < 4.78 is 15.2. The number of ketones is 1. The van der Waals surface area contributed by atoms with E-state index in [1.54, 1.807) is 18.2 Å². The fourth-order valence-corrected chi connectivity index (χ4v) is 5.06. The molecule has 1 saturated heterocycles. The van der Waals surface area contributed by atoms with E-state index < -0.39 is 11.6 Å². The van der Waals surface area contributed by atoms with Gasteiger partial charge in [0.25, 0.3) is 5.91 Å². The van der Waals surface area contributed by atoms with Crippen molar-refractivity contribution in [3.63, 3.8) is 0 Å². The molecular weight excluding hydrogens is 421 g/mol. The van der Waals surface area contributed by atoms with Crippen molar-refractivity contribution in [2.75, 3.05) is 6.54 Å². The number of halogens is 1. The van der Waals surface area contributed by atoms with Crippen molar-refractivity contribution in [2.24, 2.45) is 0 Å². The van der Waals surface area contributed by atoms with Gasteiger partial charge in [0, 0.05) is 23.5 Å². The van der Waals surface area contributed by atoms with Crippen molar-refractivity contribution >= 4 is 17.7 Å². The predicted molar refractivity (Wildman–Crippen MR) is 120 cm³/mol. The monoisotopic (exact) mass is 445 g/mol. The SMILES string of the molecule is Cc1cc(C(=O)CN2C(=O)NC3(CCc4ccccc43)C2=O)c(C)n1Cc1ccc(F)cc1. The molecule has 1 N–H and O–H groups in total. The van der Waals surface area contributed by atoms with Crippen molar-refractivity contribution in [3.8, 4) is 0 Å². The summed E-state index contributed by atoms with van der Waals surface area (Å²) in [5.74, 6) is -0.960. The summed E-state index contributed by atoms with van der Waals surface area (Å²) in [4.78, 5) is 40.3. The van der Waals surface area contributed by atoms with Gasteiger partial charge in [0.2, 0.25) is 0 Å². The Bertz CT molecular complexity index is 1290. The molecule has 3 amide bonds. The molecule has 2 heterocycles. The fourth-order valence-electron chi connectivity index (χ4n) is 5.06. The number of nitrogens with one attached hydrogen (secondary N) is 1. The number of amides is 3. The van der Waals surface area contributed by atoms with Crippen LogP contribution in [0.1, 0.15) is 44.9 Å². The first-order valence-corrected chi connectivity index (χ1v) is 11.0. The largest absolute Gasteiger partial charge is 0.344 e. The maximum absolute atomic E-state index is 13.3. The topological polar surface area (TPSA) is 71.4 Å². The smallest absolute Gasteiger partial charge is 0.325 e. The lowest BCUT2D eigenvalue weighted by Gasteiger charge is -2.22. The normalized spacial score (nSPS) is 19.3. The highest BCUT2D eigenvalue weighted by Gasteiger charge is 2.55. The van der Waals surface area contributed by atoms with Gasteiger partial charge in [-0.1, -0.05) is 36.4 Å². The number of nitrogens with zero attached hydrogens (tertiary/aromatic N) is 2. The van der Waals surface area contributed by atoms with Crippen molar-refractivity contribution in [1.82, 2.24) is 14.8 Å². The number of imide groups is 1. The third kappa shape index (κ3) is 3.35. The number of fused-ring (bicyclic) bond motifs is 2. The van der Waals surface area contributed by atoms with E-state index in [0.717, 1.165) is 33.0 Å². The maximum atomic E-state index is 13.3. The zero-order chi connectivity index (χ0) is 23.3. The van der Waals surface area contributed by atoms with E-state index in [4.69, 9.17) is 0 Å². The first kappa shape index (κ1) is 21.1. The van der Waals surface area contributed by atoms with Crippen molar-refractivity contribution < 1.29 is 18.8 Å². The van der Waals surface area contributed by atoms with Crippen molar-refractivity contribution in [1.29, 1.82) is 0 Å². The Morgan fingerprint density at radius 2 is 1.82 bits per heavy atom. The molecule has 33 heavy (non-hydrogen) atoms. The Kier molecular flexibility index (Phi) is 4.92. The van der Waals surface area contributed by atoms with E-state index in [0.29, 0.717) is 24.9 Å². The summed E-state index contributed by atoms with van der Waals surface area (Å²) in [5, 5.41) is 2.86. The number of urea groups is 1. The summed E-state index contributed by atoms with van der Waals surface area (Å²) in [5.41, 5.74) is 3.79. The van der Waals surface area contributed by atoms with E-state index in [9.17, 15) is 18.8 Å². The van der Waals surface area contributed by atoms with Crippen LogP contribution in [-0.2, 0) is 23.3 Å². The Balaban J connectivity index is 1.38. The van der Waals surface area contributed by atoms with Crippen LogP contribution in [0, 0.1) is 19.7 Å². The minimum absolute atomic E-state index is 0.291. The lowest BCUT2D eigenvalue weighted by molar-refractivity contribution is -0.131. The number of hydrogen-bond donors (Lipinski definition) is 1. The summed E-state index contributed by atoms with van der Waals surface area (Å²) >= 11 is 0. The summed E-state index contributed by atoms with van der Waals surface area (Å²) in [6.07, 6.45) is 1.20. The van der Waals surface area contributed by atoms with Gasteiger partial charge in [-0.05, 0) is 61.6 Å². The van der Waals surface area contributed by atoms with Gasteiger partial charge in [-0.25, -0.2) is 9.18 Å². The van der Waals surface area contributed by atoms with Crippen LogP contribution in [0.2, 0.25) is 0 Å². The maximum Gasteiger partial charge on any atom is 0.325 e. The molecular formula is C26H24FN3O3. The van der Waals surface area contributed by atoms with E-state index in [-0.39, 0.29) is 24.1 Å². The number of rotatable bonds is 5. The zero-order valence-electron chi connectivity index (χ0n) is 18.5. The highest BCUT2D eigenvalue weighted by Crippen LogP contribution is 2.41. The number of carbonyl (C=O) groups is 3. The van der Waals surface area contributed by atoms with Crippen LogP contribution in [-0.4, -0.2) is 33.7 Å². The second kappa shape index (κ2) is 7.69. The van der Waals surface area contributed by atoms with Gasteiger partial charge in [-0.2, -0.15) is 0 Å². The highest BCUT2D eigenvalue weighted by molar-refractivity contribution is 6.12. The molecule has 3 aromatic rings. The molecule has 0 radical (unpaired) electrons. The van der Waals surface area contributed by atoms with Crippen LogP contribution in [0.25, 0.3) is 0 Å². The molecule has 6 nitrogen and oxygen atoms in total. The third-order valence-electron chi connectivity index (χ3n) is 6.85. The summed E-state index contributed by atoms with van der Waals surface area (Å²) in [7, 11) is 0. The Labute approximate surface area is 191 Å². The van der Waals surface area contributed by atoms with Crippen molar-refractivity contribution in [3.05, 3.63) is 94.1 Å². The minimum atomic E-state index is -1.08. The minimum Gasteiger partial charge on any atom is -0.344 e. The average molecular weight is 445 g/mol. The van der Waals surface area contributed by atoms with Gasteiger partial charge in [0.05, 0.1) is 6.54 Å². The molecule has 1 spiro atoms. The van der Waals surface area contributed by atoms with Gasteiger partial charge in [0.15, 0.2) is 5.78 Å². The Morgan fingerprint density at radius 1 is 1.09 bits per heavy atom. The van der Waals surface area contributed by atoms with Gasteiger partial charge in [0.1, 0.15) is 11.4 Å². The molecule has 0 saturated carbocycles.